The molecular weight excluding hydrogens is 432 g/mol. The number of aryl methyl sites for hydroxylation is 2. The number of carbonyl (C=O) groups is 1. The molecule has 0 unspecified atom stereocenters. The van der Waals surface area contributed by atoms with E-state index in [2.05, 4.69) is 38.5 Å². The number of hydrogen-bond acceptors (Lipinski definition) is 3. The number of pyridine rings is 2. The first-order valence-corrected chi connectivity index (χ1v) is 11.2. The van der Waals surface area contributed by atoms with Crippen molar-refractivity contribution in [1.82, 2.24) is 20.3 Å². The van der Waals surface area contributed by atoms with Crippen LogP contribution in [0.5, 0.6) is 0 Å². The highest BCUT2D eigenvalue weighted by Crippen LogP contribution is 2.26. The van der Waals surface area contributed by atoms with Gasteiger partial charge >= 0.3 is 0 Å². The van der Waals surface area contributed by atoms with Crippen LogP contribution in [0.1, 0.15) is 38.3 Å². The van der Waals surface area contributed by atoms with Gasteiger partial charge in [-0.2, -0.15) is 0 Å². The van der Waals surface area contributed by atoms with Crippen LogP contribution in [-0.4, -0.2) is 20.9 Å². The number of carbonyl (C=O) groups excluding carboxylic acids is 1. The first-order chi connectivity index (χ1) is 16.0. The third-order valence-corrected chi connectivity index (χ3v) is 6.19. The fourth-order valence-corrected chi connectivity index (χ4v) is 4.29. The average molecular weight is 455 g/mol. The fraction of sp³-hybridized carbons (Fsp3) is 0.148. The number of rotatable bonds is 5. The number of fused-ring (bicyclic) bond motifs is 2. The minimum Gasteiger partial charge on any atom is -0.360 e. The molecule has 0 atom stereocenters. The Morgan fingerprint density at radius 3 is 2.82 bits per heavy atom. The van der Waals surface area contributed by atoms with E-state index < -0.39 is 0 Å². The van der Waals surface area contributed by atoms with Gasteiger partial charge in [0.25, 0.3) is 5.91 Å². The van der Waals surface area contributed by atoms with E-state index in [1.807, 2.05) is 44.3 Å². The zero-order chi connectivity index (χ0) is 22.9. The Kier molecular flexibility index (Phi) is 5.56. The number of hydrogen-bond donors (Lipinski definition) is 2. The highest BCUT2D eigenvalue weighted by atomic mass is 35.5. The van der Waals surface area contributed by atoms with Gasteiger partial charge in [0.05, 0.1) is 10.5 Å². The van der Waals surface area contributed by atoms with E-state index in [0.29, 0.717) is 23.6 Å². The highest BCUT2D eigenvalue weighted by Gasteiger charge is 2.11. The second kappa shape index (κ2) is 8.68. The fourth-order valence-electron chi connectivity index (χ4n) is 4.08. The summed E-state index contributed by atoms with van der Waals surface area (Å²) in [4.78, 5) is 24.9. The van der Waals surface area contributed by atoms with Crippen molar-refractivity contribution < 1.29 is 4.79 Å². The molecule has 0 fully saturated rings. The molecule has 5 nitrogen and oxygen atoms in total. The maximum absolute atomic E-state index is 12.8. The lowest BCUT2D eigenvalue weighted by Gasteiger charge is -2.10. The summed E-state index contributed by atoms with van der Waals surface area (Å²) in [5.41, 5.74) is 7.79. The summed E-state index contributed by atoms with van der Waals surface area (Å²) in [6.07, 6.45) is 5.98. The Morgan fingerprint density at radius 2 is 1.94 bits per heavy atom. The van der Waals surface area contributed by atoms with Crippen LogP contribution in [-0.2, 0) is 13.0 Å². The highest BCUT2D eigenvalue weighted by molar-refractivity contribution is 6.35. The van der Waals surface area contributed by atoms with Gasteiger partial charge in [-0.1, -0.05) is 17.7 Å². The number of aromatic nitrogens is 3. The zero-order valence-corrected chi connectivity index (χ0v) is 19.2. The molecule has 6 heteroatoms. The molecule has 0 saturated heterocycles. The van der Waals surface area contributed by atoms with E-state index in [1.54, 1.807) is 18.5 Å². The topological polar surface area (TPSA) is 70.7 Å². The summed E-state index contributed by atoms with van der Waals surface area (Å²) in [6.45, 7) is 4.49. The monoisotopic (exact) mass is 454 g/mol. The molecule has 3 aromatic heterocycles. The van der Waals surface area contributed by atoms with Crippen LogP contribution < -0.4 is 5.32 Å². The van der Waals surface area contributed by atoms with E-state index in [-0.39, 0.29) is 5.91 Å². The van der Waals surface area contributed by atoms with Gasteiger partial charge in [-0.05, 0) is 78.6 Å². The van der Waals surface area contributed by atoms with Crippen LogP contribution in [0, 0.1) is 13.8 Å². The van der Waals surface area contributed by atoms with Gasteiger partial charge in [0, 0.05) is 59.1 Å². The van der Waals surface area contributed by atoms with Crippen LogP contribution in [0.4, 0.5) is 0 Å². The van der Waals surface area contributed by atoms with E-state index in [4.69, 9.17) is 11.6 Å². The number of benzene rings is 2. The van der Waals surface area contributed by atoms with E-state index in [0.717, 1.165) is 49.8 Å². The minimum atomic E-state index is -0.128. The molecule has 33 heavy (non-hydrogen) atoms. The number of aromatic amines is 1. The molecule has 2 aromatic carbocycles. The van der Waals surface area contributed by atoms with Gasteiger partial charge in [-0.15, -0.1) is 0 Å². The quantitative estimate of drug-likeness (QED) is 0.347. The molecule has 2 N–H and O–H groups in total. The van der Waals surface area contributed by atoms with Crippen molar-refractivity contribution in [2.45, 2.75) is 26.8 Å². The molecule has 5 rings (SSSR count). The third-order valence-electron chi connectivity index (χ3n) is 5.87. The molecule has 0 aliphatic heterocycles. The van der Waals surface area contributed by atoms with Gasteiger partial charge < -0.3 is 10.3 Å². The number of H-pyrrole nitrogens is 1. The van der Waals surface area contributed by atoms with Crippen LogP contribution in [0.3, 0.4) is 0 Å². The molecule has 0 spiro atoms. The Labute approximate surface area is 196 Å². The lowest BCUT2D eigenvalue weighted by Crippen LogP contribution is -2.23. The predicted octanol–water partition coefficient (Wildman–Crippen LogP) is 5.90. The van der Waals surface area contributed by atoms with Crippen molar-refractivity contribution in [2.75, 3.05) is 0 Å². The normalized spacial score (nSPS) is 11.2. The second-order valence-electron chi connectivity index (χ2n) is 8.40. The maximum atomic E-state index is 12.8. The maximum Gasteiger partial charge on any atom is 0.251 e. The van der Waals surface area contributed by atoms with Gasteiger partial charge in [-0.25, -0.2) is 0 Å². The second-order valence-corrected chi connectivity index (χ2v) is 8.80. The van der Waals surface area contributed by atoms with Crippen molar-refractivity contribution in [1.29, 1.82) is 0 Å². The summed E-state index contributed by atoms with van der Waals surface area (Å²) >= 11 is 6.25. The van der Waals surface area contributed by atoms with Crippen molar-refractivity contribution >= 4 is 39.3 Å². The summed E-state index contributed by atoms with van der Waals surface area (Å²) < 4.78 is 0. The molecule has 3 heterocycles. The summed E-state index contributed by atoms with van der Waals surface area (Å²) in [5, 5.41) is 5.77. The number of amides is 1. The van der Waals surface area contributed by atoms with E-state index in [1.165, 1.54) is 0 Å². The SMILES string of the molecule is Cc1cnc2ccc(Cc3cc(C(=O)NCc4cc5c(Cl)c[nH]c5cc4C)ccn3)cc2c1. The summed E-state index contributed by atoms with van der Waals surface area (Å²) in [5.74, 6) is -0.128. The van der Waals surface area contributed by atoms with Crippen molar-refractivity contribution in [3.8, 4) is 0 Å². The van der Waals surface area contributed by atoms with Gasteiger partial charge in [0.1, 0.15) is 0 Å². The zero-order valence-electron chi connectivity index (χ0n) is 18.4. The van der Waals surface area contributed by atoms with Crippen molar-refractivity contribution in [3.05, 3.63) is 106 Å². The van der Waals surface area contributed by atoms with Crippen molar-refractivity contribution in [3.63, 3.8) is 0 Å². The standard InChI is InChI=1S/C27H23ClN4O/c1-16-7-20-9-18(3-4-25(20)30-13-16)10-22-11-19(5-6-29-22)27(33)32-14-21-12-23-24(28)15-31-26(23)8-17(21)2/h3-9,11-13,15,31H,10,14H2,1-2H3,(H,32,33). The molecule has 164 valence electrons. The Morgan fingerprint density at radius 1 is 1.06 bits per heavy atom. The first kappa shape index (κ1) is 21.2. The third kappa shape index (κ3) is 4.45. The number of nitrogens with one attached hydrogen (secondary N) is 2. The van der Waals surface area contributed by atoms with Gasteiger partial charge in [0.15, 0.2) is 0 Å². The van der Waals surface area contributed by atoms with Gasteiger partial charge in [-0.3, -0.25) is 14.8 Å². The lowest BCUT2D eigenvalue weighted by molar-refractivity contribution is 0.0950. The molecule has 0 radical (unpaired) electrons. The number of nitrogens with zero attached hydrogens (tertiary/aromatic N) is 2. The Bertz CT molecular complexity index is 1510. The van der Waals surface area contributed by atoms with E-state index in [9.17, 15) is 4.79 Å². The molecule has 0 aliphatic carbocycles. The van der Waals surface area contributed by atoms with Crippen LogP contribution in [0.15, 0.2) is 67.1 Å². The summed E-state index contributed by atoms with van der Waals surface area (Å²) in [6, 6.07) is 16.0. The molecule has 1 amide bonds. The Balaban J connectivity index is 1.31. The molecule has 0 aliphatic rings. The van der Waals surface area contributed by atoms with Crippen LogP contribution in [0.2, 0.25) is 5.02 Å². The minimum absolute atomic E-state index is 0.128. The molecular formula is C27H23ClN4O. The molecule has 0 saturated carbocycles. The Hall–Kier alpha value is -3.70. The number of halogens is 1. The van der Waals surface area contributed by atoms with Gasteiger partial charge in [0.2, 0.25) is 0 Å². The predicted molar refractivity (Wildman–Crippen MR) is 133 cm³/mol. The average Bonchev–Trinajstić information content (AvgIpc) is 3.16. The lowest BCUT2D eigenvalue weighted by atomic mass is 10.0. The largest absolute Gasteiger partial charge is 0.360 e. The van der Waals surface area contributed by atoms with E-state index >= 15 is 0 Å². The van der Waals surface area contributed by atoms with Crippen LogP contribution in [0.25, 0.3) is 21.8 Å². The molecule has 5 aromatic rings. The first-order valence-electron chi connectivity index (χ1n) is 10.8. The van der Waals surface area contributed by atoms with Crippen molar-refractivity contribution in [2.24, 2.45) is 0 Å². The molecule has 0 bridgehead atoms. The summed E-state index contributed by atoms with van der Waals surface area (Å²) in [7, 11) is 0. The van der Waals surface area contributed by atoms with Crippen LogP contribution >= 0.6 is 11.6 Å². The smallest absolute Gasteiger partial charge is 0.251 e.